The quantitative estimate of drug-likeness (QED) is 0.703. The van der Waals surface area contributed by atoms with E-state index in [1.54, 1.807) is 7.11 Å². The van der Waals surface area contributed by atoms with E-state index in [1.807, 2.05) is 43.0 Å². The summed E-state index contributed by atoms with van der Waals surface area (Å²) in [5, 5.41) is 12.4. The number of aromatic nitrogens is 2. The maximum atomic E-state index is 13.1. The van der Waals surface area contributed by atoms with E-state index in [9.17, 15) is 9.59 Å². The van der Waals surface area contributed by atoms with Crippen LogP contribution in [0.5, 0.6) is 5.75 Å². The third-order valence-electron chi connectivity index (χ3n) is 5.14. The van der Waals surface area contributed by atoms with Crippen LogP contribution in [0.4, 0.5) is 5.13 Å². The molecule has 1 saturated heterocycles. The van der Waals surface area contributed by atoms with E-state index in [-0.39, 0.29) is 30.2 Å². The first-order valence-corrected chi connectivity index (χ1v) is 10.8. The van der Waals surface area contributed by atoms with Gasteiger partial charge < -0.3 is 15.0 Å². The van der Waals surface area contributed by atoms with Crippen LogP contribution < -0.4 is 10.1 Å². The number of amides is 2. The second-order valence-electron chi connectivity index (χ2n) is 7.56. The molecule has 0 bridgehead atoms. The fraction of sp³-hybridized carbons (Fsp3) is 0.524. The minimum absolute atomic E-state index is 0.0135. The molecule has 0 spiro atoms. The molecule has 2 atom stereocenters. The highest BCUT2D eigenvalue weighted by Crippen LogP contribution is 2.39. The molecule has 7 nitrogen and oxygen atoms in total. The number of carbonyl (C=O) groups is 2. The summed E-state index contributed by atoms with van der Waals surface area (Å²) in [6.07, 6.45) is 2.09. The Bertz CT molecular complexity index is 850. The van der Waals surface area contributed by atoms with E-state index in [0.717, 1.165) is 29.2 Å². The van der Waals surface area contributed by atoms with Gasteiger partial charge >= 0.3 is 0 Å². The van der Waals surface area contributed by atoms with Gasteiger partial charge in [0.15, 0.2) is 0 Å². The Morgan fingerprint density at radius 3 is 2.62 bits per heavy atom. The Balaban J connectivity index is 1.84. The topological polar surface area (TPSA) is 84.4 Å². The molecule has 0 unspecified atom stereocenters. The van der Waals surface area contributed by atoms with Gasteiger partial charge in [-0.15, -0.1) is 10.2 Å². The molecule has 1 fully saturated rings. The van der Waals surface area contributed by atoms with Gasteiger partial charge in [0.2, 0.25) is 16.9 Å². The average Bonchev–Trinajstić information content (AvgIpc) is 3.31. The lowest BCUT2D eigenvalue weighted by Crippen LogP contribution is -2.33. The highest BCUT2D eigenvalue weighted by molar-refractivity contribution is 7.15. The molecular formula is C21H28N4O3S. The summed E-state index contributed by atoms with van der Waals surface area (Å²) in [6.45, 7) is 6.81. The molecule has 1 aromatic carbocycles. The van der Waals surface area contributed by atoms with Gasteiger partial charge in [-0.05, 0) is 24.1 Å². The van der Waals surface area contributed by atoms with Gasteiger partial charge in [0, 0.05) is 18.9 Å². The number of rotatable bonds is 8. The molecule has 0 saturated carbocycles. The summed E-state index contributed by atoms with van der Waals surface area (Å²) in [4.78, 5) is 27.7. The summed E-state index contributed by atoms with van der Waals surface area (Å²) in [7, 11) is 1.62. The second kappa shape index (κ2) is 9.35. The number of ether oxygens (including phenoxy) is 1. The number of nitrogens with one attached hydrogen (secondary N) is 1. The highest BCUT2D eigenvalue weighted by atomic mass is 32.1. The van der Waals surface area contributed by atoms with Crippen LogP contribution in [0.1, 0.15) is 62.6 Å². The van der Waals surface area contributed by atoms with Gasteiger partial charge in [-0.1, -0.05) is 50.7 Å². The van der Waals surface area contributed by atoms with Crippen LogP contribution in [-0.2, 0) is 9.59 Å². The van der Waals surface area contributed by atoms with E-state index >= 15 is 0 Å². The van der Waals surface area contributed by atoms with Crippen molar-refractivity contribution in [1.82, 2.24) is 15.1 Å². The van der Waals surface area contributed by atoms with Gasteiger partial charge in [0.25, 0.3) is 0 Å². The fourth-order valence-corrected chi connectivity index (χ4v) is 4.30. The Kier molecular flexibility index (Phi) is 6.84. The van der Waals surface area contributed by atoms with Crippen molar-refractivity contribution in [2.45, 2.75) is 52.0 Å². The minimum atomic E-state index is -0.473. The van der Waals surface area contributed by atoms with Crippen molar-refractivity contribution >= 4 is 28.3 Å². The number of likely N-dealkylation sites (tertiary alicyclic amines) is 1. The van der Waals surface area contributed by atoms with Gasteiger partial charge in [-0.2, -0.15) is 0 Å². The lowest BCUT2D eigenvalue weighted by molar-refractivity contribution is -0.129. The van der Waals surface area contributed by atoms with Gasteiger partial charge in [-0.3, -0.25) is 9.59 Å². The van der Waals surface area contributed by atoms with Crippen LogP contribution in [0.2, 0.25) is 0 Å². The largest absolute Gasteiger partial charge is 0.497 e. The molecule has 2 amide bonds. The van der Waals surface area contributed by atoms with Crippen LogP contribution in [0, 0.1) is 5.92 Å². The first-order valence-electron chi connectivity index (χ1n) is 10.0. The summed E-state index contributed by atoms with van der Waals surface area (Å²) in [6, 6.07) is 7.30. The van der Waals surface area contributed by atoms with E-state index < -0.39 is 5.92 Å². The molecule has 1 aliphatic rings. The van der Waals surface area contributed by atoms with Crippen molar-refractivity contribution in [1.29, 1.82) is 0 Å². The third kappa shape index (κ3) is 4.75. The molecule has 0 radical (unpaired) electrons. The number of benzene rings is 1. The zero-order valence-corrected chi connectivity index (χ0v) is 18.2. The lowest BCUT2D eigenvalue weighted by atomic mass is 9.92. The summed E-state index contributed by atoms with van der Waals surface area (Å²) < 4.78 is 5.25. The predicted octanol–water partition coefficient (Wildman–Crippen LogP) is 4.00. The fourth-order valence-electron chi connectivity index (χ4n) is 3.55. The van der Waals surface area contributed by atoms with Crippen molar-refractivity contribution in [2.75, 3.05) is 19.0 Å². The zero-order chi connectivity index (χ0) is 21.0. The Hall–Kier alpha value is -2.48. The molecule has 2 aromatic rings. The van der Waals surface area contributed by atoms with E-state index in [4.69, 9.17) is 4.74 Å². The third-order valence-corrected chi connectivity index (χ3v) is 6.28. The Labute approximate surface area is 175 Å². The normalized spacial score (nSPS) is 19.1. The average molecular weight is 417 g/mol. The van der Waals surface area contributed by atoms with Crippen molar-refractivity contribution in [3.63, 3.8) is 0 Å². The molecule has 1 aliphatic heterocycles. The summed E-state index contributed by atoms with van der Waals surface area (Å²) in [5.74, 6) is 0.348. The van der Waals surface area contributed by atoms with Crippen LogP contribution >= 0.6 is 11.3 Å². The maximum absolute atomic E-state index is 13.1. The first kappa shape index (κ1) is 21.2. The van der Waals surface area contributed by atoms with Crippen LogP contribution in [0.3, 0.4) is 0 Å². The highest BCUT2D eigenvalue weighted by Gasteiger charge is 2.44. The Morgan fingerprint density at radius 2 is 2.03 bits per heavy atom. The number of unbranched alkanes of at least 4 members (excludes halogenated alkanes) is 1. The minimum Gasteiger partial charge on any atom is -0.497 e. The first-order chi connectivity index (χ1) is 13.9. The number of nitrogens with zero attached hydrogens (tertiary/aromatic N) is 3. The monoisotopic (exact) mass is 416 g/mol. The molecule has 0 aliphatic carbocycles. The Morgan fingerprint density at radius 1 is 1.31 bits per heavy atom. The van der Waals surface area contributed by atoms with Crippen LogP contribution in [0.15, 0.2) is 24.3 Å². The molecule has 1 aromatic heterocycles. The van der Waals surface area contributed by atoms with Crippen LogP contribution in [-0.4, -0.2) is 40.6 Å². The zero-order valence-electron chi connectivity index (χ0n) is 17.3. The number of carbonyl (C=O) groups excluding carboxylic acids is 2. The smallest absolute Gasteiger partial charge is 0.232 e. The predicted molar refractivity (Wildman–Crippen MR) is 113 cm³/mol. The van der Waals surface area contributed by atoms with Crippen molar-refractivity contribution < 1.29 is 14.3 Å². The molecule has 3 rings (SSSR count). The molecule has 29 heavy (non-hydrogen) atoms. The lowest BCUT2D eigenvalue weighted by Gasteiger charge is -2.28. The van der Waals surface area contributed by atoms with Crippen molar-refractivity contribution in [2.24, 2.45) is 5.92 Å². The maximum Gasteiger partial charge on any atom is 0.232 e. The van der Waals surface area contributed by atoms with Gasteiger partial charge in [0.1, 0.15) is 10.8 Å². The molecule has 1 N–H and O–H groups in total. The number of anilines is 1. The molecule has 8 heteroatoms. The van der Waals surface area contributed by atoms with Crippen molar-refractivity contribution in [3.8, 4) is 5.75 Å². The van der Waals surface area contributed by atoms with Crippen molar-refractivity contribution in [3.05, 3.63) is 34.8 Å². The van der Waals surface area contributed by atoms with Gasteiger partial charge in [0.05, 0.1) is 19.1 Å². The van der Waals surface area contributed by atoms with Crippen LogP contribution in [0.25, 0.3) is 0 Å². The molecular weight excluding hydrogens is 388 g/mol. The van der Waals surface area contributed by atoms with Gasteiger partial charge in [-0.25, -0.2) is 0 Å². The second-order valence-corrected chi connectivity index (χ2v) is 8.57. The van der Waals surface area contributed by atoms with E-state index in [0.29, 0.717) is 11.7 Å². The summed E-state index contributed by atoms with van der Waals surface area (Å²) in [5.41, 5.74) is 0.938. The molecule has 156 valence electrons. The SMILES string of the molecule is CCCCN1C(=O)C[C@@H](C(=O)Nc2nnc(C(C)C)s2)[C@H]1c1ccc(OC)cc1. The molecule has 2 heterocycles. The standard InChI is InChI=1S/C21H28N4O3S/c1-5-6-11-25-17(26)12-16(18(25)14-7-9-15(28-4)10-8-14)19(27)22-21-24-23-20(29-21)13(2)3/h7-10,13,16,18H,5-6,11-12H2,1-4H3,(H,22,24,27)/t16-,18-/m1/s1. The number of hydrogen-bond acceptors (Lipinski definition) is 6. The summed E-state index contributed by atoms with van der Waals surface area (Å²) >= 11 is 1.38. The number of methoxy groups -OCH3 is 1. The number of hydrogen-bond donors (Lipinski definition) is 1. The van der Waals surface area contributed by atoms with E-state index in [2.05, 4.69) is 22.4 Å². The van der Waals surface area contributed by atoms with E-state index in [1.165, 1.54) is 11.3 Å².